The fourth-order valence-electron chi connectivity index (χ4n) is 6.46. The van der Waals surface area contributed by atoms with Crippen LogP contribution in [0.25, 0.3) is 0 Å². The predicted molar refractivity (Wildman–Crippen MR) is 157 cm³/mol. The van der Waals surface area contributed by atoms with Crippen LogP contribution >= 0.6 is 0 Å². The van der Waals surface area contributed by atoms with Gasteiger partial charge in [-0.15, -0.1) is 0 Å². The van der Waals surface area contributed by atoms with Crippen molar-refractivity contribution >= 4 is 21.7 Å². The van der Waals surface area contributed by atoms with Gasteiger partial charge in [-0.3, -0.25) is 4.79 Å². The highest BCUT2D eigenvalue weighted by molar-refractivity contribution is 7.88. The lowest BCUT2D eigenvalue weighted by molar-refractivity contribution is -0.155. The van der Waals surface area contributed by atoms with Crippen LogP contribution in [0, 0.1) is 6.92 Å². The van der Waals surface area contributed by atoms with Gasteiger partial charge in [-0.2, -0.15) is 13.2 Å². The SMILES string of the molecule is Cc1c(NCC2CCCC(c3ccc(C(F)(F)F)o3)O2)ncnc1C(=O)N1CCC(N2CCC(N(C)S(C)(=O)=O)CC2)CC1. The largest absolute Gasteiger partial charge is 0.454 e. The first-order valence-corrected chi connectivity index (χ1v) is 17.0. The smallest absolute Gasteiger partial charge is 0.449 e. The molecule has 0 saturated carbocycles. The van der Waals surface area contributed by atoms with Crippen LogP contribution in [0.3, 0.4) is 0 Å². The summed E-state index contributed by atoms with van der Waals surface area (Å²) in [6.07, 6.45) is 2.60. The molecule has 3 aliphatic rings. The summed E-state index contributed by atoms with van der Waals surface area (Å²) >= 11 is 0. The van der Waals surface area contributed by atoms with Crippen LogP contribution in [0.2, 0.25) is 0 Å². The monoisotopic (exact) mass is 642 g/mol. The third-order valence-corrected chi connectivity index (χ3v) is 10.5. The maximum Gasteiger partial charge on any atom is 0.449 e. The van der Waals surface area contributed by atoms with Gasteiger partial charge in [0.25, 0.3) is 5.91 Å². The van der Waals surface area contributed by atoms with Gasteiger partial charge in [-0.05, 0) is 77.1 Å². The van der Waals surface area contributed by atoms with Gasteiger partial charge in [0.15, 0.2) is 0 Å². The number of halogens is 3. The summed E-state index contributed by atoms with van der Waals surface area (Å²) in [7, 11) is -1.56. The van der Waals surface area contributed by atoms with E-state index in [0.717, 1.165) is 57.7 Å². The van der Waals surface area contributed by atoms with E-state index in [1.165, 1.54) is 23.0 Å². The quantitative estimate of drug-likeness (QED) is 0.454. The van der Waals surface area contributed by atoms with E-state index >= 15 is 0 Å². The number of nitrogens with zero attached hydrogens (tertiary/aromatic N) is 5. The molecule has 11 nitrogen and oxygen atoms in total. The lowest BCUT2D eigenvalue weighted by Crippen LogP contribution is -2.52. The third-order valence-electron chi connectivity index (χ3n) is 9.16. The topological polar surface area (TPSA) is 121 Å². The fraction of sp³-hybridized carbons (Fsp3) is 0.690. The van der Waals surface area contributed by atoms with Gasteiger partial charge in [0.05, 0.1) is 12.4 Å². The standard InChI is InChI=1S/C29H41F3N6O5S/c1-19-26(28(39)38-15-11-21(12-16-38)37-13-9-20(10-14-37)36(2)44(3,40)41)34-18-35-27(19)33-17-22-5-4-6-23(42-22)24-7-8-25(43-24)29(30,31)32/h7-8,18,20-23H,4-6,9-17H2,1-3H3,(H,33,34,35). The van der Waals surface area contributed by atoms with Crippen LogP contribution in [-0.2, 0) is 20.9 Å². The number of likely N-dealkylation sites (tertiary alicyclic amines) is 2. The summed E-state index contributed by atoms with van der Waals surface area (Å²) in [5, 5.41) is 3.25. The molecule has 3 aliphatic heterocycles. The number of piperidine rings is 2. The molecule has 0 aromatic carbocycles. The van der Waals surface area contributed by atoms with E-state index in [2.05, 4.69) is 20.2 Å². The Labute approximate surface area is 256 Å². The first-order valence-electron chi connectivity index (χ1n) is 15.2. The Bertz CT molecular complexity index is 1400. The third kappa shape index (κ3) is 7.54. The van der Waals surface area contributed by atoms with Crippen molar-refractivity contribution in [1.82, 2.24) is 24.1 Å². The average Bonchev–Trinajstić information content (AvgIpc) is 3.51. The molecule has 5 rings (SSSR count). The van der Waals surface area contributed by atoms with E-state index in [1.807, 2.05) is 4.90 Å². The lowest BCUT2D eigenvalue weighted by atomic mass is 9.97. The van der Waals surface area contributed by atoms with Gasteiger partial charge in [0, 0.05) is 44.3 Å². The van der Waals surface area contributed by atoms with Gasteiger partial charge in [0.1, 0.15) is 29.7 Å². The van der Waals surface area contributed by atoms with Gasteiger partial charge in [-0.25, -0.2) is 22.7 Å². The Morgan fingerprint density at radius 2 is 1.77 bits per heavy atom. The van der Waals surface area contributed by atoms with Crippen molar-refractivity contribution < 1.29 is 35.5 Å². The molecule has 1 amide bonds. The molecule has 2 unspecified atom stereocenters. The minimum atomic E-state index is -4.54. The Kier molecular flexibility index (Phi) is 9.87. The number of aromatic nitrogens is 2. The molecule has 1 N–H and O–H groups in total. The molecular weight excluding hydrogens is 601 g/mol. The van der Waals surface area contributed by atoms with E-state index in [1.54, 1.807) is 14.0 Å². The summed E-state index contributed by atoms with van der Waals surface area (Å²) in [4.78, 5) is 26.3. The molecule has 0 spiro atoms. The zero-order valence-electron chi connectivity index (χ0n) is 25.3. The molecule has 0 aliphatic carbocycles. The van der Waals surface area contributed by atoms with Crippen LogP contribution in [0.4, 0.5) is 19.0 Å². The van der Waals surface area contributed by atoms with Gasteiger partial charge in [0.2, 0.25) is 15.8 Å². The maximum atomic E-state index is 13.5. The molecular formula is C29H41F3N6O5S. The van der Waals surface area contributed by atoms with E-state index in [9.17, 15) is 26.4 Å². The highest BCUT2D eigenvalue weighted by atomic mass is 32.2. The van der Waals surface area contributed by atoms with Gasteiger partial charge >= 0.3 is 6.18 Å². The average molecular weight is 643 g/mol. The molecule has 15 heteroatoms. The minimum Gasteiger partial charge on any atom is -0.454 e. The normalized spacial score (nSPS) is 23.3. The number of furan rings is 1. The molecule has 244 valence electrons. The Morgan fingerprint density at radius 3 is 2.41 bits per heavy atom. The molecule has 44 heavy (non-hydrogen) atoms. The fourth-order valence-corrected chi connectivity index (χ4v) is 7.21. The van der Waals surface area contributed by atoms with E-state index < -0.39 is 28.1 Å². The van der Waals surface area contributed by atoms with Crippen molar-refractivity contribution in [2.45, 2.75) is 82.3 Å². The highest BCUT2D eigenvalue weighted by Gasteiger charge is 2.37. The van der Waals surface area contributed by atoms with Gasteiger partial charge < -0.3 is 24.3 Å². The van der Waals surface area contributed by atoms with Crippen molar-refractivity contribution in [3.8, 4) is 0 Å². The van der Waals surface area contributed by atoms with Crippen LogP contribution < -0.4 is 5.32 Å². The van der Waals surface area contributed by atoms with Crippen LogP contribution in [0.15, 0.2) is 22.9 Å². The van der Waals surface area contributed by atoms with E-state index in [4.69, 9.17) is 9.15 Å². The predicted octanol–water partition coefficient (Wildman–Crippen LogP) is 4.08. The van der Waals surface area contributed by atoms with Crippen LogP contribution in [0.1, 0.15) is 78.6 Å². The number of hydrogen-bond acceptors (Lipinski definition) is 9. The zero-order chi connectivity index (χ0) is 31.6. The molecule has 2 aromatic heterocycles. The van der Waals surface area contributed by atoms with Crippen molar-refractivity contribution in [1.29, 1.82) is 0 Å². The number of alkyl halides is 3. The highest BCUT2D eigenvalue weighted by Crippen LogP contribution is 2.37. The summed E-state index contributed by atoms with van der Waals surface area (Å²) in [6.45, 7) is 5.07. The Balaban J connectivity index is 1.12. The number of carbonyl (C=O) groups excluding carboxylic acids is 1. The second kappa shape index (κ2) is 13.3. The number of nitrogens with one attached hydrogen (secondary N) is 1. The Morgan fingerprint density at radius 1 is 1.07 bits per heavy atom. The number of ether oxygens (including phenoxy) is 1. The molecule has 3 saturated heterocycles. The summed E-state index contributed by atoms with van der Waals surface area (Å²) in [6, 6.07) is 2.63. The number of amides is 1. The second-order valence-electron chi connectivity index (χ2n) is 12.0. The summed E-state index contributed by atoms with van der Waals surface area (Å²) in [5.41, 5.74) is 0.966. The van der Waals surface area contributed by atoms with Crippen molar-refractivity contribution in [3.05, 3.63) is 41.2 Å². The molecule has 5 heterocycles. The number of hydrogen-bond donors (Lipinski definition) is 1. The number of anilines is 1. The number of rotatable bonds is 8. The maximum absolute atomic E-state index is 13.5. The van der Waals surface area contributed by atoms with Crippen LogP contribution in [-0.4, -0.2) is 103 Å². The first-order chi connectivity index (χ1) is 20.8. The first kappa shape index (κ1) is 32.6. The summed E-state index contributed by atoms with van der Waals surface area (Å²) < 4.78 is 75.2. The molecule has 0 bridgehead atoms. The molecule has 2 aromatic rings. The number of carbonyl (C=O) groups is 1. The molecule has 2 atom stereocenters. The van der Waals surface area contributed by atoms with Crippen molar-refractivity contribution in [2.75, 3.05) is 51.3 Å². The number of sulfonamides is 1. The van der Waals surface area contributed by atoms with Gasteiger partial charge in [-0.1, -0.05) is 0 Å². The van der Waals surface area contributed by atoms with E-state index in [0.29, 0.717) is 49.2 Å². The molecule has 0 radical (unpaired) electrons. The zero-order valence-corrected chi connectivity index (χ0v) is 26.2. The summed E-state index contributed by atoms with van der Waals surface area (Å²) in [5.74, 6) is -0.495. The van der Waals surface area contributed by atoms with Crippen molar-refractivity contribution in [2.24, 2.45) is 0 Å². The lowest BCUT2D eigenvalue weighted by Gasteiger charge is -2.43. The van der Waals surface area contributed by atoms with E-state index in [-0.39, 0.29) is 23.8 Å². The Hall–Kier alpha value is -2.75. The van der Waals surface area contributed by atoms with Crippen LogP contribution in [0.5, 0.6) is 0 Å². The minimum absolute atomic E-state index is 0.0278. The van der Waals surface area contributed by atoms with Crippen molar-refractivity contribution in [3.63, 3.8) is 0 Å². The second-order valence-corrected chi connectivity index (χ2v) is 14.1. The molecule has 3 fully saturated rings.